The minimum atomic E-state index is 1.08. The Morgan fingerprint density at radius 2 is 1.69 bits per heavy atom. The van der Waals surface area contributed by atoms with Crippen molar-refractivity contribution in [2.75, 3.05) is 0 Å². The Balaban J connectivity index is 0.000000394. The van der Waals surface area contributed by atoms with Crippen LogP contribution in [0.3, 0.4) is 0 Å². The van der Waals surface area contributed by atoms with Gasteiger partial charge in [-0.05, 0) is 24.6 Å². The Bertz CT molecular complexity index is 393. The van der Waals surface area contributed by atoms with Crippen LogP contribution < -0.4 is 0 Å². The number of hydrogen-bond donors (Lipinski definition) is 0. The monoisotopic (exact) mass is 217 g/mol. The molecular weight excluding hydrogens is 194 g/mol. The number of rotatable bonds is 0. The van der Waals surface area contributed by atoms with Crippen LogP contribution in [-0.4, -0.2) is 4.98 Å². The van der Waals surface area contributed by atoms with E-state index in [0.717, 1.165) is 5.52 Å². The second kappa shape index (κ2) is 8.90. The fraction of sp³-hybridized carbons (Fsp3) is 0.400. The molecule has 0 unspecified atom stereocenters. The molecule has 0 spiro atoms. The van der Waals surface area contributed by atoms with Gasteiger partial charge in [0.1, 0.15) is 0 Å². The molecule has 1 aromatic heterocycles. The quantitative estimate of drug-likeness (QED) is 0.606. The second-order valence-electron chi connectivity index (χ2n) is 3.41. The predicted molar refractivity (Wildman–Crippen MR) is 73.8 cm³/mol. The fourth-order valence-corrected chi connectivity index (χ4v) is 1.18. The van der Waals surface area contributed by atoms with Crippen molar-refractivity contribution in [3.63, 3.8) is 0 Å². The molecule has 0 N–H and O–H groups in total. The van der Waals surface area contributed by atoms with Gasteiger partial charge in [-0.2, -0.15) is 0 Å². The van der Waals surface area contributed by atoms with Gasteiger partial charge < -0.3 is 0 Å². The molecule has 0 saturated heterocycles. The van der Waals surface area contributed by atoms with Crippen LogP contribution in [0.15, 0.2) is 36.5 Å². The molecule has 2 rings (SSSR count). The number of pyridine rings is 1. The van der Waals surface area contributed by atoms with Crippen molar-refractivity contribution in [3.8, 4) is 0 Å². The van der Waals surface area contributed by atoms with Gasteiger partial charge in [-0.1, -0.05) is 52.3 Å². The van der Waals surface area contributed by atoms with Crippen LogP contribution in [-0.2, 0) is 0 Å². The van der Waals surface area contributed by atoms with E-state index in [9.17, 15) is 0 Å². The van der Waals surface area contributed by atoms with Gasteiger partial charge in [0.05, 0.1) is 5.52 Å². The van der Waals surface area contributed by atoms with Crippen LogP contribution in [0.1, 0.15) is 39.7 Å². The van der Waals surface area contributed by atoms with Gasteiger partial charge in [0.15, 0.2) is 0 Å². The van der Waals surface area contributed by atoms with Gasteiger partial charge >= 0.3 is 0 Å². The SMILES string of the molecule is CC.CCC.Cc1ccc2cccnc2c1. The second-order valence-corrected chi connectivity index (χ2v) is 3.41. The van der Waals surface area contributed by atoms with E-state index in [0.29, 0.717) is 0 Å². The highest BCUT2D eigenvalue weighted by molar-refractivity contribution is 5.78. The van der Waals surface area contributed by atoms with Crippen LogP contribution in [0.5, 0.6) is 0 Å². The standard InChI is InChI=1S/C10H9N.C3H8.C2H6/c1-8-4-5-9-3-2-6-11-10(9)7-8;1-3-2;1-2/h2-7H,1H3;3H2,1-2H3;1-2H3. The molecular formula is C15H23N. The Morgan fingerprint density at radius 3 is 2.31 bits per heavy atom. The van der Waals surface area contributed by atoms with E-state index >= 15 is 0 Å². The van der Waals surface area contributed by atoms with Crippen LogP contribution in [0.2, 0.25) is 0 Å². The zero-order valence-electron chi connectivity index (χ0n) is 11.1. The third-order valence-corrected chi connectivity index (χ3v) is 1.76. The summed E-state index contributed by atoms with van der Waals surface area (Å²) in [7, 11) is 0. The van der Waals surface area contributed by atoms with E-state index in [2.05, 4.69) is 50.0 Å². The molecule has 1 heteroatoms. The summed E-state index contributed by atoms with van der Waals surface area (Å²) in [6, 6.07) is 10.3. The van der Waals surface area contributed by atoms with Gasteiger partial charge in [0, 0.05) is 11.6 Å². The first-order valence-corrected chi connectivity index (χ1v) is 6.09. The summed E-state index contributed by atoms with van der Waals surface area (Å²) >= 11 is 0. The minimum Gasteiger partial charge on any atom is -0.256 e. The van der Waals surface area contributed by atoms with E-state index in [1.54, 1.807) is 0 Å². The lowest BCUT2D eigenvalue weighted by Gasteiger charge is -1.95. The maximum Gasteiger partial charge on any atom is 0.0704 e. The number of hydrogen-bond acceptors (Lipinski definition) is 1. The Kier molecular flexibility index (Phi) is 8.14. The van der Waals surface area contributed by atoms with Crippen molar-refractivity contribution in [2.45, 2.75) is 41.0 Å². The van der Waals surface area contributed by atoms with E-state index < -0.39 is 0 Å². The van der Waals surface area contributed by atoms with Crippen molar-refractivity contribution in [1.82, 2.24) is 4.98 Å². The van der Waals surface area contributed by atoms with E-state index in [-0.39, 0.29) is 0 Å². The van der Waals surface area contributed by atoms with Gasteiger partial charge in [-0.25, -0.2) is 0 Å². The average molecular weight is 217 g/mol. The predicted octanol–water partition coefficient (Wildman–Crippen LogP) is 4.99. The molecule has 0 atom stereocenters. The number of aryl methyl sites for hydroxylation is 1. The number of nitrogens with zero attached hydrogens (tertiary/aromatic N) is 1. The lowest BCUT2D eigenvalue weighted by molar-refractivity contribution is 1.09. The maximum absolute atomic E-state index is 4.24. The van der Waals surface area contributed by atoms with Crippen LogP contribution in [0, 0.1) is 6.92 Å². The first-order valence-electron chi connectivity index (χ1n) is 6.09. The first kappa shape index (κ1) is 14.6. The molecule has 0 radical (unpaired) electrons. The lowest BCUT2D eigenvalue weighted by Crippen LogP contribution is -1.77. The van der Waals surface area contributed by atoms with E-state index in [4.69, 9.17) is 0 Å². The molecule has 88 valence electrons. The minimum absolute atomic E-state index is 1.08. The molecule has 1 heterocycles. The third kappa shape index (κ3) is 4.92. The summed E-state index contributed by atoms with van der Waals surface area (Å²) < 4.78 is 0. The fourth-order valence-electron chi connectivity index (χ4n) is 1.18. The molecule has 0 aliphatic carbocycles. The largest absolute Gasteiger partial charge is 0.256 e. The highest BCUT2D eigenvalue weighted by Gasteiger charge is 1.90. The average Bonchev–Trinajstić information content (AvgIpc) is 2.32. The smallest absolute Gasteiger partial charge is 0.0704 e. The molecule has 0 fully saturated rings. The summed E-state index contributed by atoms with van der Waals surface area (Å²) in [5, 5.41) is 1.21. The summed E-state index contributed by atoms with van der Waals surface area (Å²) in [6.07, 6.45) is 3.07. The van der Waals surface area contributed by atoms with Gasteiger partial charge in [0.25, 0.3) is 0 Å². The van der Waals surface area contributed by atoms with Crippen LogP contribution in [0.25, 0.3) is 10.9 Å². The van der Waals surface area contributed by atoms with E-state index in [1.165, 1.54) is 17.4 Å². The summed E-state index contributed by atoms with van der Waals surface area (Å²) in [4.78, 5) is 4.24. The highest BCUT2D eigenvalue weighted by atomic mass is 14.6. The van der Waals surface area contributed by atoms with Crippen molar-refractivity contribution < 1.29 is 0 Å². The topological polar surface area (TPSA) is 12.9 Å². The Morgan fingerprint density at radius 1 is 1.06 bits per heavy atom. The van der Waals surface area contributed by atoms with Gasteiger partial charge in [-0.3, -0.25) is 4.98 Å². The summed E-state index contributed by atoms with van der Waals surface area (Å²) in [5.41, 5.74) is 2.34. The lowest BCUT2D eigenvalue weighted by atomic mass is 10.1. The Hall–Kier alpha value is -1.37. The molecule has 0 amide bonds. The first-order chi connectivity index (χ1) is 7.77. The van der Waals surface area contributed by atoms with Crippen molar-refractivity contribution in [1.29, 1.82) is 0 Å². The molecule has 0 bridgehead atoms. The van der Waals surface area contributed by atoms with Crippen molar-refractivity contribution in [2.24, 2.45) is 0 Å². The maximum atomic E-state index is 4.24. The van der Waals surface area contributed by atoms with Crippen LogP contribution >= 0.6 is 0 Å². The summed E-state index contributed by atoms with van der Waals surface area (Å²) in [6.45, 7) is 10.3. The normalized spacial score (nSPS) is 8.56. The molecule has 1 nitrogen and oxygen atoms in total. The zero-order valence-corrected chi connectivity index (χ0v) is 11.1. The van der Waals surface area contributed by atoms with Crippen molar-refractivity contribution >= 4 is 10.9 Å². The van der Waals surface area contributed by atoms with Gasteiger partial charge in [-0.15, -0.1) is 0 Å². The number of fused-ring (bicyclic) bond motifs is 1. The van der Waals surface area contributed by atoms with E-state index in [1.807, 2.05) is 26.1 Å². The van der Waals surface area contributed by atoms with Gasteiger partial charge in [0.2, 0.25) is 0 Å². The third-order valence-electron chi connectivity index (χ3n) is 1.76. The summed E-state index contributed by atoms with van der Waals surface area (Å²) in [5.74, 6) is 0. The highest BCUT2D eigenvalue weighted by Crippen LogP contribution is 2.11. The molecule has 1 aromatic carbocycles. The van der Waals surface area contributed by atoms with Crippen molar-refractivity contribution in [3.05, 3.63) is 42.1 Å². The molecule has 0 saturated carbocycles. The molecule has 16 heavy (non-hydrogen) atoms. The van der Waals surface area contributed by atoms with Crippen LogP contribution in [0.4, 0.5) is 0 Å². The molecule has 2 aromatic rings. The number of aromatic nitrogens is 1. The molecule has 0 aliphatic rings. The zero-order chi connectivity index (χ0) is 12.4. The number of benzene rings is 1. The molecule has 0 aliphatic heterocycles. The Labute approximate surface area is 99.5 Å².